The molecule has 3 N–H and O–H groups in total. The average Bonchev–Trinajstić information content (AvgIpc) is 2.95. The predicted molar refractivity (Wildman–Crippen MR) is 79.0 cm³/mol. The zero-order valence-corrected chi connectivity index (χ0v) is 11.7. The van der Waals surface area contributed by atoms with Crippen molar-refractivity contribution in [3.8, 4) is 0 Å². The highest BCUT2D eigenvalue weighted by atomic mass is 16.4. The number of carboxylic acids is 1. The van der Waals surface area contributed by atoms with Gasteiger partial charge in [0.05, 0.1) is 0 Å². The van der Waals surface area contributed by atoms with Crippen molar-refractivity contribution in [1.29, 1.82) is 0 Å². The van der Waals surface area contributed by atoms with Gasteiger partial charge < -0.3 is 15.7 Å². The molecule has 1 aliphatic carbocycles. The van der Waals surface area contributed by atoms with E-state index in [9.17, 15) is 4.79 Å². The molecule has 1 heterocycles. The summed E-state index contributed by atoms with van der Waals surface area (Å²) in [7, 11) is 0. The molecule has 1 aliphatic heterocycles. The second kappa shape index (κ2) is 5.44. The van der Waals surface area contributed by atoms with E-state index < -0.39 is 12.0 Å². The lowest BCUT2D eigenvalue weighted by Gasteiger charge is -2.23. The van der Waals surface area contributed by atoms with Gasteiger partial charge in [0.25, 0.3) is 0 Å². The number of aliphatic carboxylic acids is 1. The number of anilines is 1. The summed E-state index contributed by atoms with van der Waals surface area (Å²) in [5.41, 5.74) is 9.93. The quantitative estimate of drug-likeness (QED) is 0.882. The van der Waals surface area contributed by atoms with Gasteiger partial charge in [-0.25, -0.2) is 0 Å². The van der Waals surface area contributed by atoms with E-state index in [0.29, 0.717) is 0 Å². The normalized spacial score (nSPS) is 23.4. The summed E-state index contributed by atoms with van der Waals surface area (Å²) in [5.74, 6) is -0.828. The first kappa shape index (κ1) is 13.4. The summed E-state index contributed by atoms with van der Waals surface area (Å²) >= 11 is 0. The summed E-state index contributed by atoms with van der Waals surface area (Å²) in [6.45, 7) is 1.66. The van der Waals surface area contributed by atoms with Gasteiger partial charge in [0, 0.05) is 24.7 Å². The van der Waals surface area contributed by atoms with Crippen LogP contribution in [0.15, 0.2) is 18.2 Å². The van der Waals surface area contributed by atoms with Gasteiger partial charge in [0.1, 0.15) is 6.04 Å². The third-order valence-electron chi connectivity index (χ3n) is 4.71. The number of aryl methyl sites for hydroxylation is 2. The van der Waals surface area contributed by atoms with Crippen LogP contribution in [0.5, 0.6) is 0 Å². The van der Waals surface area contributed by atoms with Crippen LogP contribution in [-0.2, 0) is 17.6 Å². The fraction of sp³-hybridized carbons (Fsp3) is 0.562. The van der Waals surface area contributed by atoms with Gasteiger partial charge >= 0.3 is 5.97 Å². The van der Waals surface area contributed by atoms with Crippen molar-refractivity contribution in [3.63, 3.8) is 0 Å². The number of nitrogens with zero attached hydrogens (tertiary/aromatic N) is 1. The molecular weight excluding hydrogens is 252 g/mol. The van der Waals surface area contributed by atoms with Crippen molar-refractivity contribution in [3.05, 3.63) is 29.3 Å². The van der Waals surface area contributed by atoms with E-state index in [0.717, 1.165) is 19.5 Å². The second-order valence-corrected chi connectivity index (χ2v) is 6.02. The SMILES string of the molecule is NC(C(=O)O)C1CCN(c2ccc3c(c2)CCCC3)C1. The molecule has 0 bridgehead atoms. The summed E-state index contributed by atoms with van der Waals surface area (Å²) in [6.07, 6.45) is 5.82. The molecule has 4 heteroatoms. The molecule has 1 aromatic rings. The molecular formula is C16H22N2O2. The minimum absolute atomic E-state index is 0.0588. The number of hydrogen-bond acceptors (Lipinski definition) is 3. The van der Waals surface area contributed by atoms with Crippen LogP contribution >= 0.6 is 0 Å². The Morgan fingerprint density at radius 1 is 1.30 bits per heavy atom. The Kier molecular flexibility index (Phi) is 3.66. The first-order valence-electron chi connectivity index (χ1n) is 7.50. The molecule has 0 amide bonds. The zero-order valence-electron chi connectivity index (χ0n) is 11.7. The van der Waals surface area contributed by atoms with Gasteiger partial charge in [-0.1, -0.05) is 6.07 Å². The van der Waals surface area contributed by atoms with Crippen molar-refractivity contribution in [2.45, 2.75) is 38.1 Å². The standard InChI is InChI=1S/C16H22N2O2/c17-15(16(19)20)13-7-8-18(10-13)14-6-5-11-3-1-2-4-12(11)9-14/h5-6,9,13,15H,1-4,7-8,10,17H2,(H,19,20). The smallest absolute Gasteiger partial charge is 0.320 e. The number of carboxylic acid groups (broad SMARTS) is 1. The van der Waals surface area contributed by atoms with E-state index in [1.54, 1.807) is 0 Å². The maximum Gasteiger partial charge on any atom is 0.320 e. The van der Waals surface area contributed by atoms with Crippen LogP contribution in [0.1, 0.15) is 30.4 Å². The van der Waals surface area contributed by atoms with Gasteiger partial charge in [0.15, 0.2) is 0 Å². The van der Waals surface area contributed by atoms with E-state index in [1.807, 2.05) is 0 Å². The van der Waals surface area contributed by atoms with Gasteiger partial charge in [-0.2, -0.15) is 0 Å². The number of benzene rings is 1. The summed E-state index contributed by atoms with van der Waals surface area (Å²) in [6, 6.07) is 5.98. The van der Waals surface area contributed by atoms with Crippen LogP contribution in [0.25, 0.3) is 0 Å². The van der Waals surface area contributed by atoms with Crippen LogP contribution < -0.4 is 10.6 Å². The molecule has 1 aromatic carbocycles. The number of carbonyl (C=O) groups is 1. The Balaban J connectivity index is 1.73. The van der Waals surface area contributed by atoms with Gasteiger partial charge in [-0.05, 0) is 55.4 Å². The maximum atomic E-state index is 11.0. The lowest BCUT2D eigenvalue weighted by Crippen LogP contribution is -2.39. The van der Waals surface area contributed by atoms with E-state index in [2.05, 4.69) is 23.1 Å². The number of rotatable bonds is 3. The van der Waals surface area contributed by atoms with Crippen LogP contribution in [0.4, 0.5) is 5.69 Å². The molecule has 0 radical (unpaired) electrons. The third kappa shape index (κ3) is 2.52. The Morgan fingerprint density at radius 3 is 2.80 bits per heavy atom. The van der Waals surface area contributed by atoms with Gasteiger partial charge in [0.2, 0.25) is 0 Å². The van der Waals surface area contributed by atoms with Gasteiger partial charge in [-0.3, -0.25) is 4.79 Å². The maximum absolute atomic E-state index is 11.0. The number of nitrogens with two attached hydrogens (primary N) is 1. The highest BCUT2D eigenvalue weighted by Crippen LogP contribution is 2.30. The Hall–Kier alpha value is -1.55. The van der Waals surface area contributed by atoms with Crippen molar-refractivity contribution in [1.82, 2.24) is 0 Å². The molecule has 4 nitrogen and oxygen atoms in total. The second-order valence-electron chi connectivity index (χ2n) is 6.02. The van der Waals surface area contributed by atoms with Crippen LogP contribution in [0.2, 0.25) is 0 Å². The van der Waals surface area contributed by atoms with E-state index in [4.69, 9.17) is 10.8 Å². The van der Waals surface area contributed by atoms with Crippen LogP contribution in [-0.4, -0.2) is 30.2 Å². The highest BCUT2D eigenvalue weighted by Gasteiger charge is 2.31. The largest absolute Gasteiger partial charge is 0.480 e. The molecule has 0 saturated carbocycles. The zero-order chi connectivity index (χ0) is 14.1. The Labute approximate surface area is 119 Å². The van der Waals surface area contributed by atoms with Crippen molar-refractivity contribution < 1.29 is 9.90 Å². The molecule has 2 unspecified atom stereocenters. The molecule has 20 heavy (non-hydrogen) atoms. The third-order valence-corrected chi connectivity index (χ3v) is 4.71. The molecule has 1 fully saturated rings. The van der Waals surface area contributed by atoms with Crippen LogP contribution in [0, 0.1) is 5.92 Å². The minimum Gasteiger partial charge on any atom is -0.480 e. The summed E-state index contributed by atoms with van der Waals surface area (Å²) in [4.78, 5) is 13.3. The van der Waals surface area contributed by atoms with E-state index in [-0.39, 0.29) is 5.92 Å². The van der Waals surface area contributed by atoms with Crippen molar-refractivity contribution >= 4 is 11.7 Å². The van der Waals surface area contributed by atoms with E-state index in [1.165, 1.54) is 42.5 Å². The predicted octanol–water partition coefficient (Wildman–Crippen LogP) is 1.80. The molecule has 0 spiro atoms. The monoisotopic (exact) mass is 274 g/mol. The fourth-order valence-electron chi connectivity index (χ4n) is 3.43. The highest BCUT2D eigenvalue weighted by molar-refractivity contribution is 5.73. The Bertz CT molecular complexity index is 515. The minimum atomic E-state index is -0.887. The fourth-order valence-corrected chi connectivity index (χ4v) is 3.43. The van der Waals surface area contributed by atoms with Crippen molar-refractivity contribution in [2.24, 2.45) is 11.7 Å². The van der Waals surface area contributed by atoms with Gasteiger partial charge in [-0.15, -0.1) is 0 Å². The average molecular weight is 274 g/mol. The first-order chi connectivity index (χ1) is 9.65. The molecule has 3 rings (SSSR count). The number of fused-ring (bicyclic) bond motifs is 1. The molecule has 108 valence electrons. The Morgan fingerprint density at radius 2 is 2.05 bits per heavy atom. The topological polar surface area (TPSA) is 66.6 Å². The molecule has 1 saturated heterocycles. The summed E-state index contributed by atoms with van der Waals surface area (Å²) < 4.78 is 0. The number of hydrogen-bond donors (Lipinski definition) is 2. The lowest BCUT2D eigenvalue weighted by atomic mass is 9.91. The first-order valence-corrected chi connectivity index (χ1v) is 7.50. The lowest BCUT2D eigenvalue weighted by molar-refractivity contribution is -0.139. The van der Waals surface area contributed by atoms with Crippen LogP contribution in [0.3, 0.4) is 0 Å². The molecule has 2 atom stereocenters. The molecule has 0 aromatic heterocycles. The summed E-state index contributed by atoms with van der Waals surface area (Å²) in [5, 5.41) is 9.01. The van der Waals surface area contributed by atoms with Crippen molar-refractivity contribution in [2.75, 3.05) is 18.0 Å². The van der Waals surface area contributed by atoms with E-state index >= 15 is 0 Å². The molecule has 2 aliphatic rings.